The molecule has 0 spiro atoms. The molecular weight excluding hydrogens is 212 g/mol. The summed E-state index contributed by atoms with van der Waals surface area (Å²) in [5.74, 6) is 1.90. The highest BCUT2D eigenvalue weighted by atomic mass is 16.2. The van der Waals surface area contributed by atoms with Crippen LogP contribution >= 0.6 is 0 Å². The minimum atomic E-state index is 0.0189. The number of nitrogens with one attached hydrogen (secondary N) is 1. The monoisotopic (exact) mass is 238 g/mol. The fraction of sp³-hybridized carbons (Fsp3) is 0.929. The van der Waals surface area contributed by atoms with Gasteiger partial charge < -0.3 is 4.90 Å². The number of hydrogen-bond acceptors (Lipinski definition) is 2. The van der Waals surface area contributed by atoms with E-state index in [1.54, 1.807) is 0 Å². The smallest absolute Gasteiger partial charge is 0.240 e. The second-order valence-electron chi connectivity index (χ2n) is 5.97. The van der Waals surface area contributed by atoms with Crippen molar-refractivity contribution in [2.75, 3.05) is 6.54 Å². The Morgan fingerprint density at radius 3 is 2.71 bits per heavy atom. The van der Waals surface area contributed by atoms with E-state index in [2.05, 4.69) is 24.1 Å². The van der Waals surface area contributed by atoms with E-state index >= 15 is 0 Å². The normalized spacial score (nSPS) is 38.1. The molecule has 1 saturated heterocycles. The van der Waals surface area contributed by atoms with Gasteiger partial charge in [-0.15, -0.1) is 0 Å². The molecule has 1 aliphatic carbocycles. The molecular formula is C14H26N2O. The molecule has 2 fully saturated rings. The SMILES string of the molecule is CCCC1NC(C)C(=O)N1CC1CCC(C)C1. The lowest BCUT2D eigenvalue weighted by molar-refractivity contribution is -0.130. The minimum Gasteiger partial charge on any atom is -0.326 e. The molecule has 17 heavy (non-hydrogen) atoms. The predicted molar refractivity (Wildman–Crippen MR) is 69.5 cm³/mol. The Labute approximate surface area is 105 Å². The van der Waals surface area contributed by atoms with Crippen LogP contribution in [0.1, 0.15) is 52.9 Å². The number of amides is 1. The highest BCUT2D eigenvalue weighted by Gasteiger charge is 2.37. The van der Waals surface area contributed by atoms with Gasteiger partial charge in [0.2, 0.25) is 5.91 Å². The first-order valence-electron chi connectivity index (χ1n) is 7.18. The third-order valence-corrected chi connectivity index (χ3v) is 4.29. The van der Waals surface area contributed by atoms with Crippen molar-refractivity contribution in [2.24, 2.45) is 11.8 Å². The molecule has 4 atom stereocenters. The molecule has 1 amide bonds. The quantitative estimate of drug-likeness (QED) is 0.815. The summed E-state index contributed by atoms with van der Waals surface area (Å²) in [6, 6.07) is 0.0189. The second-order valence-corrected chi connectivity index (χ2v) is 5.97. The van der Waals surface area contributed by atoms with Gasteiger partial charge in [-0.3, -0.25) is 10.1 Å². The molecule has 2 rings (SSSR count). The topological polar surface area (TPSA) is 32.3 Å². The molecule has 1 N–H and O–H groups in total. The summed E-state index contributed by atoms with van der Waals surface area (Å²) < 4.78 is 0. The average molecular weight is 238 g/mol. The Morgan fingerprint density at radius 2 is 2.12 bits per heavy atom. The van der Waals surface area contributed by atoms with Crippen LogP contribution in [0.15, 0.2) is 0 Å². The Bertz CT molecular complexity index is 279. The van der Waals surface area contributed by atoms with Crippen molar-refractivity contribution < 1.29 is 4.79 Å². The highest BCUT2D eigenvalue weighted by Crippen LogP contribution is 2.32. The Hall–Kier alpha value is -0.570. The van der Waals surface area contributed by atoms with Crippen LogP contribution in [0.2, 0.25) is 0 Å². The third-order valence-electron chi connectivity index (χ3n) is 4.29. The molecule has 0 aromatic heterocycles. The van der Waals surface area contributed by atoms with Gasteiger partial charge in [0.25, 0.3) is 0 Å². The maximum Gasteiger partial charge on any atom is 0.240 e. The lowest BCUT2D eigenvalue weighted by atomic mass is 10.1. The molecule has 1 aliphatic heterocycles. The molecule has 0 bridgehead atoms. The van der Waals surface area contributed by atoms with Gasteiger partial charge in [0.15, 0.2) is 0 Å². The maximum absolute atomic E-state index is 12.1. The van der Waals surface area contributed by atoms with Gasteiger partial charge in [0.1, 0.15) is 0 Å². The molecule has 0 aromatic rings. The number of hydrogen-bond donors (Lipinski definition) is 1. The van der Waals surface area contributed by atoms with Gasteiger partial charge >= 0.3 is 0 Å². The molecule has 3 nitrogen and oxygen atoms in total. The van der Waals surface area contributed by atoms with E-state index in [1.807, 2.05) is 6.92 Å². The second kappa shape index (κ2) is 5.38. The van der Waals surface area contributed by atoms with Gasteiger partial charge in [-0.1, -0.05) is 26.7 Å². The van der Waals surface area contributed by atoms with Crippen LogP contribution in [0.4, 0.5) is 0 Å². The van der Waals surface area contributed by atoms with Crippen molar-refractivity contribution in [1.82, 2.24) is 10.2 Å². The van der Waals surface area contributed by atoms with Crippen LogP contribution in [0.25, 0.3) is 0 Å². The molecule has 1 saturated carbocycles. The lowest BCUT2D eigenvalue weighted by Gasteiger charge is -2.26. The zero-order valence-electron chi connectivity index (χ0n) is 11.4. The molecule has 1 heterocycles. The van der Waals surface area contributed by atoms with E-state index in [-0.39, 0.29) is 6.04 Å². The summed E-state index contributed by atoms with van der Waals surface area (Å²) in [6.45, 7) is 7.48. The maximum atomic E-state index is 12.1. The van der Waals surface area contributed by atoms with Crippen LogP contribution in [0, 0.1) is 11.8 Å². The number of nitrogens with zero attached hydrogens (tertiary/aromatic N) is 1. The Balaban J connectivity index is 1.94. The zero-order valence-corrected chi connectivity index (χ0v) is 11.4. The summed E-state index contributed by atoms with van der Waals surface area (Å²) in [6.07, 6.45) is 6.45. The third kappa shape index (κ3) is 2.82. The van der Waals surface area contributed by atoms with Crippen LogP contribution in [-0.2, 0) is 4.79 Å². The fourth-order valence-electron chi connectivity index (χ4n) is 3.35. The average Bonchev–Trinajstić information content (AvgIpc) is 2.79. The molecule has 0 radical (unpaired) electrons. The largest absolute Gasteiger partial charge is 0.326 e. The van der Waals surface area contributed by atoms with Gasteiger partial charge in [-0.05, 0) is 38.0 Å². The molecule has 4 unspecified atom stereocenters. The molecule has 0 aromatic carbocycles. The molecule has 2 aliphatic rings. The van der Waals surface area contributed by atoms with Crippen molar-refractivity contribution in [3.05, 3.63) is 0 Å². The van der Waals surface area contributed by atoms with E-state index in [0.717, 1.165) is 31.2 Å². The summed E-state index contributed by atoms with van der Waals surface area (Å²) >= 11 is 0. The van der Waals surface area contributed by atoms with Crippen LogP contribution < -0.4 is 5.32 Å². The van der Waals surface area contributed by atoms with Crippen molar-refractivity contribution in [1.29, 1.82) is 0 Å². The van der Waals surface area contributed by atoms with Crippen LogP contribution in [-0.4, -0.2) is 29.6 Å². The summed E-state index contributed by atoms with van der Waals surface area (Å²) in [5, 5.41) is 3.42. The van der Waals surface area contributed by atoms with Crippen molar-refractivity contribution in [3.8, 4) is 0 Å². The van der Waals surface area contributed by atoms with Gasteiger partial charge in [0.05, 0.1) is 12.2 Å². The van der Waals surface area contributed by atoms with Crippen LogP contribution in [0.3, 0.4) is 0 Å². The lowest BCUT2D eigenvalue weighted by Crippen LogP contribution is -2.40. The first kappa shape index (κ1) is 12.9. The van der Waals surface area contributed by atoms with E-state index < -0.39 is 0 Å². The Kier molecular flexibility index (Phi) is 4.08. The summed E-state index contributed by atoms with van der Waals surface area (Å²) in [4.78, 5) is 14.2. The fourth-order valence-corrected chi connectivity index (χ4v) is 3.35. The first-order chi connectivity index (χ1) is 8.11. The first-order valence-corrected chi connectivity index (χ1v) is 7.18. The highest BCUT2D eigenvalue weighted by molar-refractivity contribution is 5.83. The molecule has 98 valence electrons. The van der Waals surface area contributed by atoms with E-state index in [4.69, 9.17) is 0 Å². The van der Waals surface area contributed by atoms with E-state index in [0.29, 0.717) is 12.1 Å². The Morgan fingerprint density at radius 1 is 1.35 bits per heavy atom. The van der Waals surface area contributed by atoms with Crippen molar-refractivity contribution in [3.63, 3.8) is 0 Å². The van der Waals surface area contributed by atoms with Gasteiger partial charge in [-0.2, -0.15) is 0 Å². The number of carbonyl (C=O) groups is 1. The minimum absolute atomic E-state index is 0.0189. The predicted octanol–water partition coefficient (Wildman–Crippen LogP) is 2.37. The number of rotatable bonds is 4. The molecule has 3 heteroatoms. The van der Waals surface area contributed by atoms with Gasteiger partial charge in [-0.25, -0.2) is 0 Å². The van der Waals surface area contributed by atoms with E-state index in [9.17, 15) is 4.79 Å². The van der Waals surface area contributed by atoms with Crippen molar-refractivity contribution >= 4 is 5.91 Å². The number of carbonyl (C=O) groups excluding carboxylic acids is 1. The van der Waals surface area contributed by atoms with E-state index in [1.165, 1.54) is 19.3 Å². The standard InChI is InChI=1S/C14H26N2O/c1-4-5-13-15-11(3)14(17)16(13)9-12-7-6-10(2)8-12/h10-13,15H,4-9H2,1-3H3. The van der Waals surface area contributed by atoms with Crippen molar-refractivity contribution in [2.45, 2.75) is 65.1 Å². The van der Waals surface area contributed by atoms with Crippen LogP contribution in [0.5, 0.6) is 0 Å². The zero-order chi connectivity index (χ0) is 12.4. The van der Waals surface area contributed by atoms with Gasteiger partial charge in [0, 0.05) is 6.54 Å². The summed E-state index contributed by atoms with van der Waals surface area (Å²) in [7, 11) is 0. The summed E-state index contributed by atoms with van der Waals surface area (Å²) in [5.41, 5.74) is 0.